The van der Waals surface area contributed by atoms with Crippen molar-refractivity contribution in [2.24, 2.45) is 0 Å². The van der Waals surface area contributed by atoms with Crippen LogP contribution in [0.4, 0.5) is 0 Å². The van der Waals surface area contributed by atoms with Gasteiger partial charge in [-0.15, -0.1) is 0 Å². The van der Waals surface area contributed by atoms with E-state index in [0.717, 1.165) is 29.2 Å². The lowest BCUT2D eigenvalue weighted by Crippen LogP contribution is -2.36. The van der Waals surface area contributed by atoms with Crippen molar-refractivity contribution >= 4 is 17.5 Å². The number of hydrogen-bond acceptors (Lipinski definition) is 1. The van der Waals surface area contributed by atoms with Gasteiger partial charge in [0.25, 0.3) is 0 Å². The number of hydrogen-bond donors (Lipinski definition) is 0. The maximum absolute atomic E-state index is 11.9. The molecule has 118 valence electrons. The molecule has 1 atom stereocenters. The summed E-state index contributed by atoms with van der Waals surface area (Å²) in [6.45, 7) is 7.22. The van der Waals surface area contributed by atoms with Crippen molar-refractivity contribution in [3.63, 3.8) is 0 Å². The maximum Gasteiger partial charge on any atom is 0.220 e. The van der Waals surface area contributed by atoms with E-state index in [1.807, 2.05) is 35.4 Å². The average Bonchev–Trinajstić information content (AvgIpc) is 2.90. The van der Waals surface area contributed by atoms with E-state index in [9.17, 15) is 4.79 Å². The molecule has 22 heavy (non-hydrogen) atoms. The molecule has 0 aliphatic rings. The van der Waals surface area contributed by atoms with Crippen LogP contribution in [0.5, 0.6) is 0 Å². The van der Waals surface area contributed by atoms with Crippen LogP contribution in [0.1, 0.15) is 38.4 Å². The molecule has 1 aromatic heterocycles. The molecule has 0 radical (unpaired) electrons. The van der Waals surface area contributed by atoms with Crippen LogP contribution in [0.25, 0.3) is 0 Å². The molecule has 0 aliphatic carbocycles. The van der Waals surface area contributed by atoms with Crippen LogP contribution in [0.3, 0.4) is 0 Å². The largest absolute Gasteiger partial charge is 0.345 e. The van der Waals surface area contributed by atoms with E-state index in [-0.39, 0.29) is 11.9 Å². The Morgan fingerprint density at radius 1 is 1.32 bits per heavy atom. The summed E-state index contributed by atoms with van der Waals surface area (Å²) in [5.74, 6) is 0.116. The standard InChI is InChI=1S/C18H23ClN2O/c1-4-14(2)21(15(3)22)13-18-9-6-10-20(18)12-16-7-5-8-17(19)11-16/h5-11,14H,4,12-13H2,1-3H3. The molecule has 0 fully saturated rings. The lowest BCUT2D eigenvalue weighted by molar-refractivity contribution is -0.131. The first-order chi connectivity index (χ1) is 10.5. The van der Waals surface area contributed by atoms with Crippen molar-refractivity contribution in [1.82, 2.24) is 9.47 Å². The summed E-state index contributed by atoms with van der Waals surface area (Å²) in [7, 11) is 0. The van der Waals surface area contributed by atoms with E-state index in [1.165, 1.54) is 0 Å². The Balaban J connectivity index is 2.16. The number of nitrogens with zero attached hydrogens (tertiary/aromatic N) is 2. The first kappa shape index (κ1) is 16.6. The van der Waals surface area contributed by atoms with Crippen molar-refractivity contribution in [3.8, 4) is 0 Å². The van der Waals surface area contributed by atoms with Gasteiger partial charge in [-0.3, -0.25) is 4.79 Å². The third kappa shape index (κ3) is 4.14. The van der Waals surface area contributed by atoms with Gasteiger partial charge in [-0.1, -0.05) is 30.7 Å². The van der Waals surface area contributed by atoms with Gasteiger partial charge in [0.2, 0.25) is 5.91 Å². The van der Waals surface area contributed by atoms with E-state index in [1.54, 1.807) is 6.92 Å². The van der Waals surface area contributed by atoms with Gasteiger partial charge in [-0.25, -0.2) is 0 Å². The predicted molar refractivity (Wildman–Crippen MR) is 91.0 cm³/mol. The summed E-state index contributed by atoms with van der Waals surface area (Å²) in [5, 5.41) is 0.746. The van der Waals surface area contributed by atoms with E-state index in [0.29, 0.717) is 6.54 Å². The summed E-state index contributed by atoms with van der Waals surface area (Å²) in [5.41, 5.74) is 2.29. The van der Waals surface area contributed by atoms with Crippen molar-refractivity contribution in [2.75, 3.05) is 0 Å². The molecule has 0 spiro atoms. The van der Waals surface area contributed by atoms with Crippen LogP contribution < -0.4 is 0 Å². The highest BCUT2D eigenvalue weighted by Crippen LogP contribution is 2.16. The van der Waals surface area contributed by atoms with Crippen molar-refractivity contribution < 1.29 is 4.79 Å². The fourth-order valence-electron chi connectivity index (χ4n) is 2.55. The molecule has 1 heterocycles. The van der Waals surface area contributed by atoms with E-state index in [2.05, 4.69) is 30.5 Å². The Bertz CT molecular complexity index is 636. The Labute approximate surface area is 137 Å². The van der Waals surface area contributed by atoms with Crippen LogP contribution in [0.2, 0.25) is 5.02 Å². The predicted octanol–water partition coefficient (Wildman–Crippen LogP) is 4.34. The van der Waals surface area contributed by atoms with Crippen LogP contribution >= 0.6 is 11.6 Å². The zero-order chi connectivity index (χ0) is 16.1. The van der Waals surface area contributed by atoms with Gasteiger partial charge in [0.15, 0.2) is 0 Å². The molecule has 0 saturated heterocycles. The summed E-state index contributed by atoms with van der Waals surface area (Å²) >= 11 is 6.05. The van der Waals surface area contributed by atoms with Crippen molar-refractivity contribution in [2.45, 2.75) is 46.3 Å². The highest BCUT2D eigenvalue weighted by Gasteiger charge is 2.17. The van der Waals surface area contributed by atoms with Crippen molar-refractivity contribution in [3.05, 3.63) is 58.9 Å². The molecule has 0 bridgehead atoms. The smallest absolute Gasteiger partial charge is 0.220 e. The third-order valence-corrected chi connectivity index (χ3v) is 4.26. The third-order valence-electron chi connectivity index (χ3n) is 4.03. The Hall–Kier alpha value is -1.74. The van der Waals surface area contributed by atoms with Crippen LogP contribution in [-0.4, -0.2) is 21.4 Å². The summed E-state index contributed by atoms with van der Waals surface area (Å²) < 4.78 is 2.17. The molecule has 0 N–H and O–H groups in total. The van der Waals surface area contributed by atoms with Gasteiger partial charge in [-0.2, -0.15) is 0 Å². The van der Waals surface area contributed by atoms with Gasteiger partial charge < -0.3 is 9.47 Å². The zero-order valence-corrected chi connectivity index (χ0v) is 14.2. The second kappa shape index (κ2) is 7.50. The number of carbonyl (C=O) groups is 1. The zero-order valence-electron chi connectivity index (χ0n) is 13.4. The lowest BCUT2D eigenvalue weighted by Gasteiger charge is -2.28. The summed E-state index contributed by atoms with van der Waals surface area (Å²) in [6, 6.07) is 12.2. The van der Waals surface area contributed by atoms with Gasteiger partial charge in [-0.05, 0) is 43.2 Å². The summed E-state index contributed by atoms with van der Waals surface area (Å²) in [6.07, 6.45) is 3.00. The fourth-order valence-corrected chi connectivity index (χ4v) is 2.76. The average molecular weight is 319 g/mol. The molecule has 1 amide bonds. The topological polar surface area (TPSA) is 25.2 Å². The van der Waals surface area contributed by atoms with Crippen LogP contribution in [-0.2, 0) is 17.9 Å². The Morgan fingerprint density at radius 2 is 2.09 bits per heavy atom. The number of rotatable bonds is 6. The molecular weight excluding hydrogens is 296 g/mol. The van der Waals surface area contributed by atoms with Crippen molar-refractivity contribution in [1.29, 1.82) is 0 Å². The molecule has 1 unspecified atom stereocenters. The number of benzene rings is 1. The molecule has 4 heteroatoms. The van der Waals surface area contributed by atoms with Crippen LogP contribution in [0, 0.1) is 0 Å². The monoisotopic (exact) mass is 318 g/mol. The maximum atomic E-state index is 11.9. The SMILES string of the molecule is CCC(C)N(Cc1cccn1Cc1cccc(Cl)c1)C(C)=O. The van der Waals surface area contributed by atoms with E-state index >= 15 is 0 Å². The molecular formula is C18H23ClN2O. The minimum Gasteiger partial charge on any atom is -0.345 e. The quantitative estimate of drug-likeness (QED) is 0.778. The van der Waals surface area contributed by atoms with E-state index < -0.39 is 0 Å². The summed E-state index contributed by atoms with van der Waals surface area (Å²) in [4.78, 5) is 13.8. The first-order valence-corrected chi connectivity index (χ1v) is 8.04. The molecule has 2 aromatic rings. The molecule has 2 rings (SSSR count). The normalized spacial score (nSPS) is 12.2. The number of carbonyl (C=O) groups excluding carboxylic acids is 1. The second-order valence-corrected chi connectivity index (χ2v) is 6.10. The van der Waals surface area contributed by atoms with Gasteiger partial charge in [0.1, 0.15) is 0 Å². The molecule has 0 aliphatic heterocycles. The van der Waals surface area contributed by atoms with Gasteiger partial charge in [0.05, 0.1) is 6.54 Å². The number of aromatic nitrogens is 1. The number of halogens is 1. The van der Waals surface area contributed by atoms with Crippen LogP contribution in [0.15, 0.2) is 42.6 Å². The van der Waals surface area contributed by atoms with Gasteiger partial charge >= 0.3 is 0 Å². The minimum atomic E-state index is 0.116. The molecule has 1 aromatic carbocycles. The highest BCUT2D eigenvalue weighted by atomic mass is 35.5. The minimum absolute atomic E-state index is 0.116. The second-order valence-electron chi connectivity index (χ2n) is 5.66. The first-order valence-electron chi connectivity index (χ1n) is 7.67. The van der Waals surface area contributed by atoms with Gasteiger partial charge in [0, 0.05) is 36.4 Å². The molecule has 0 saturated carbocycles. The Kier molecular flexibility index (Phi) is 5.67. The fraction of sp³-hybridized carbons (Fsp3) is 0.389. The van der Waals surface area contributed by atoms with E-state index in [4.69, 9.17) is 11.6 Å². The highest BCUT2D eigenvalue weighted by molar-refractivity contribution is 6.30. The number of amides is 1. The lowest BCUT2D eigenvalue weighted by atomic mass is 10.2. The Morgan fingerprint density at radius 3 is 2.73 bits per heavy atom. The molecule has 3 nitrogen and oxygen atoms in total.